The van der Waals surface area contributed by atoms with Gasteiger partial charge in [0.25, 0.3) is 0 Å². The summed E-state index contributed by atoms with van der Waals surface area (Å²) in [6.07, 6.45) is 0.436. The van der Waals surface area contributed by atoms with Gasteiger partial charge in [-0.05, 0) is 18.1 Å². The van der Waals surface area contributed by atoms with E-state index in [1.807, 2.05) is 0 Å². The fourth-order valence-corrected chi connectivity index (χ4v) is 2.27. The van der Waals surface area contributed by atoms with E-state index in [1.165, 1.54) is 17.0 Å². The molecule has 1 aromatic carbocycles. The Hall–Kier alpha value is -1.10. The predicted octanol–water partition coefficient (Wildman–Crippen LogP) is 2.28. The van der Waals surface area contributed by atoms with Crippen LogP contribution in [0.4, 0.5) is 10.1 Å². The molecule has 1 fully saturated rings. The molecule has 2 rings (SSSR count). The number of rotatable bonds is 2. The van der Waals surface area contributed by atoms with Crippen molar-refractivity contribution >= 4 is 27.5 Å². The first-order valence-corrected chi connectivity index (χ1v) is 6.09. The van der Waals surface area contributed by atoms with Gasteiger partial charge in [-0.2, -0.15) is 0 Å². The lowest BCUT2D eigenvalue weighted by Gasteiger charge is -2.17. The zero-order chi connectivity index (χ0) is 11.7. The summed E-state index contributed by atoms with van der Waals surface area (Å²) >= 11 is 3.32. The molecule has 86 valence electrons. The minimum absolute atomic E-state index is 0.0750. The van der Waals surface area contributed by atoms with Crippen LogP contribution in [0.3, 0.4) is 0 Å². The van der Waals surface area contributed by atoms with E-state index in [2.05, 4.69) is 15.9 Å². The predicted molar refractivity (Wildman–Crippen MR) is 62.3 cm³/mol. The number of nitrogens with zero attached hydrogens (tertiary/aromatic N) is 1. The quantitative estimate of drug-likeness (QED) is 0.848. The number of benzene rings is 1. The van der Waals surface area contributed by atoms with Gasteiger partial charge in [0.1, 0.15) is 5.75 Å². The van der Waals surface area contributed by atoms with Crippen molar-refractivity contribution in [2.45, 2.75) is 6.42 Å². The standard InChI is InChI=1S/C11H11BrFNO2/c12-5-7-3-11(16)14(6-7)10-2-1-8(15)4-9(10)13/h1-2,4,7,15H,3,5-6H2. The van der Waals surface area contributed by atoms with Crippen LogP contribution >= 0.6 is 15.9 Å². The summed E-state index contributed by atoms with van der Waals surface area (Å²) in [7, 11) is 0. The zero-order valence-electron chi connectivity index (χ0n) is 8.49. The topological polar surface area (TPSA) is 40.5 Å². The van der Waals surface area contributed by atoms with E-state index in [9.17, 15) is 9.18 Å². The summed E-state index contributed by atoms with van der Waals surface area (Å²) in [6, 6.07) is 3.83. The fourth-order valence-electron chi connectivity index (χ4n) is 1.83. The molecule has 0 spiro atoms. The molecule has 1 saturated heterocycles. The number of anilines is 1. The summed E-state index contributed by atoms with van der Waals surface area (Å²) in [5.41, 5.74) is 0.242. The van der Waals surface area contributed by atoms with Crippen LogP contribution < -0.4 is 4.90 Å². The molecular weight excluding hydrogens is 277 g/mol. The van der Waals surface area contributed by atoms with E-state index in [4.69, 9.17) is 5.11 Å². The highest BCUT2D eigenvalue weighted by atomic mass is 79.9. The number of phenolic OH excluding ortho intramolecular Hbond substituents is 1. The lowest BCUT2D eigenvalue weighted by Crippen LogP contribution is -2.25. The van der Waals surface area contributed by atoms with Gasteiger partial charge in [0.15, 0.2) is 5.82 Å². The van der Waals surface area contributed by atoms with Crippen molar-refractivity contribution in [3.05, 3.63) is 24.0 Å². The van der Waals surface area contributed by atoms with E-state index in [0.29, 0.717) is 13.0 Å². The van der Waals surface area contributed by atoms with Crippen molar-refractivity contribution in [3.8, 4) is 5.75 Å². The van der Waals surface area contributed by atoms with Crippen LogP contribution in [-0.4, -0.2) is 22.9 Å². The van der Waals surface area contributed by atoms with Gasteiger partial charge in [-0.3, -0.25) is 4.79 Å². The lowest BCUT2D eigenvalue weighted by molar-refractivity contribution is -0.117. The second-order valence-electron chi connectivity index (χ2n) is 3.86. The number of phenols is 1. The Morgan fingerprint density at radius 3 is 2.88 bits per heavy atom. The van der Waals surface area contributed by atoms with E-state index >= 15 is 0 Å². The maximum absolute atomic E-state index is 13.5. The minimum Gasteiger partial charge on any atom is -0.508 e. The second-order valence-corrected chi connectivity index (χ2v) is 4.51. The summed E-state index contributed by atoms with van der Waals surface area (Å²) < 4.78 is 13.5. The largest absolute Gasteiger partial charge is 0.508 e. The summed E-state index contributed by atoms with van der Waals surface area (Å²) in [5, 5.41) is 9.82. The number of halogens is 2. The molecule has 1 heterocycles. The average Bonchev–Trinajstić information content (AvgIpc) is 2.60. The molecule has 1 unspecified atom stereocenters. The molecule has 1 aliphatic heterocycles. The molecular formula is C11H11BrFNO2. The highest BCUT2D eigenvalue weighted by molar-refractivity contribution is 9.09. The third kappa shape index (κ3) is 2.04. The number of aromatic hydroxyl groups is 1. The lowest BCUT2D eigenvalue weighted by atomic mass is 10.2. The molecule has 1 N–H and O–H groups in total. The highest BCUT2D eigenvalue weighted by Crippen LogP contribution is 2.29. The zero-order valence-corrected chi connectivity index (χ0v) is 10.1. The normalized spacial score (nSPS) is 20.5. The van der Waals surface area contributed by atoms with Gasteiger partial charge in [-0.15, -0.1) is 0 Å². The Balaban J connectivity index is 2.28. The molecule has 3 nitrogen and oxygen atoms in total. The van der Waals surface area contributed by atoms with Crippen LogP contribution in [0.15, 0.2) is 18.2 Å². The van der Waals surface area contributed by atoms with E-state index in [1.54, 1.807) is 0 Å². The molecule has 1 atom stereocenters. The Bertz CT molecular complexity index is 424. The first kappa shape index (κ1) is 11.4. The van der Waals surface area contributed by atoms with Gasteiger partial charge in [0.05, 0.1) is 5.69 Å². The molecule has 0 aliphatic carbocycles. The van der Waals surface area contributed by atoms with E-state index in [-0.39, 0.29) is 23.3 Å². The van der Waals surface area contributed by atoms with Crippen LogP contribution in [0.25, 0.3) is 0 Å². The van der Waals surface area contributed by atoms with E-state index in [0.717, 1.165) is 11.4 Å². The van der Waals surface area contributed by atoms with Gasteiger partial charge in [-0.1, -0.05) is 15.9 Å². The van der Waals surface area contributed by atoms with Crippen molar-refractivity contribution in [1.29, 1.82) is 0 Å². The SMILES string of the molecule is O=C1CC(CBr)CN1c1ccc(O)cc1F. The van der Waals surface area contributed by atoms with Crippen molar-refractivity contribution in [3.63, 3.8) is 0 Å². The summed E-state index contributed by atoms with van der Waals surface area (Å²) in [5.74, 6) is -0.553. The molecule has 1 aromatic rings. The Labute approximate surface area is 101 Å². The monoisotopic (exact) mass is 287 g/mol. The Morgan fingerprint density at radius 2 is 2.31 bits per heavy atom. The molecule has 16 heavy (non-hydrogen) atoms. The minimum atomic E-state index is -0.566. The second kappa shape index (κ2) is 4.41. The summed E-state index contributed by atoms with van der Waals surface area (Å²) in [4.78, 5) is 13.1. The van der Waals surface area contributed by atoms with Crippen molar-refractivity contribution < 1.29 is 14.3 Å². The molecule has 0 bridgehead atoms. The van der Waals surface area contributed by atoms with Crippen molar-refractivity contribution in [2.75, 3.05) is 16.8 Å². The van der Waals surface area contributed by atoms with Crippen LogP contribution in [0.2, 0.25) is 0 Å². The fraction of sp³-hybridized carbons (Fsp3) is 0.364. The molecule has 0 saturated carbocycles. The van der Waals surface area contributed by atoms with E-state index < -0.39 is 5.82 Å². The first-order valence-electron chi connectivity index (χ1n) is 4.96. The number of alkyl halides is 1. The van der Waals surface area contributed by atoms with Gasteiger partial charge >= 0.3 is 0 Å². The number of hydrogen-bond acceptors (Lipinski definition) is 2. The van der Waals surface area contributed by atoms with Gasteiger partial charge in [-0.25, -0.2) is 4.39 Å². The van der Waals surface area contributed by atoms with Crippen LogP contribution in [0, 0.1) is 11.7 Å². The van der Waals surface area contributed by atoms with Crippen molar-refractivity contribution in [2.24, 2.45) is 5.92 Å². The first-order chi connectivity index (χ1) is 7.61. The van der Waals surface area contributed by atoms with Crippen LogP contribution in [0.5, 0.6) is 5.75 Å². The van der Waals surface area contributed by atoms with Gasteiger partial charge in [0.2, 0.25) is 5.91 Å². The summed E-state index contributed by atoms with van der Waals surface area (Å²) in [6.45, 7) is 0.520. The molecule has 1 amide bonds. The Kier molecular flexibility index (Phi) is 3.14. The third-order valence-corrected chi connectivity index (χ3v) is 3.56. The Morgan fingerprint density at radius 1 is 1.56 bits per heavy atom. The van der Waals surface area contributed by atoms with Crippen LogP contribution in [0.1, 0.15) is 6.42 Å². The number of amides is 1. The number of hydrogen-bond donors (Lipinski definition) is 1. The van der Waals surface area contributed by atoms with Gasteiger partial charge in [0, 0.05) is 24.4 Å². The average molecular weight is 288 g/mol. The number of carbonyl (C=O) groups excluding carboxylic acids is 1. The number of carbonyl (C=O) groups is 1. The molecule has 0 radical (unpaired) electrons. The molecule has 0 aromatic heterocycles. The van der Waals surface area contributed by atoms with Crippen LogP contribution in [-0.2, 0) is 4.79 Å². The molecule has 5 heteroatoms. The van der Waals surface area contributed by atoms with Gasteiger partial charge < -0.3 is 10.0 Å². The van der Waals surface area contributed by atoms with Crippen molar-refractivity contribution in [1.82, 2.24) is 0 Å². The third-order valence-electron chi connectivity index (χ3n) is 2.65. The smallest absolute Gasteiger partial charge is 0.227 e. The maximum Gasteiger partial charge on any atom is 0.227 e. The highest BCUT2D eigenvalue weighted by Gasteiger charge is 2.31. The molecule has 1 aliphatic rings. The maximum atomic E-state index is 13.5.